The van der Waals surface area contributed by atoms with E-state index < -0.39 is 5.67 Å². The molecule has 11 heavy (non-hydrogen) atoms. The first kappa shape index (κ1) is 7.50. The molecular weight excluding hydrogens is 145 g/mol. The fourth-order valence-corrected chi connectivity index (χ4v) is 1.42. The first-order chi connectivity index (χ1) is 5.29. The number of halogens is 1. The summed E-state index contributed by atoms with van der Waals surface area (Å²) in [5.74, 6) is 0. The molecule has 0 aromatic heterocycles. The standard InChI is InChI=1S/C8H14FNO/c9-8(2-1-3-8)6-10-7-4-11-5-7/h7,10H,1-6H2. The molecule has 0 aromatic carbocycles. The van der Waals surface area contributed by atoms with Gasteiger partial charge in [-0.05, 0) is 19.3 Å². The van der Waals surface area contributed by atoms with Crippen molar-refractivity contribution in [3.8, 4) is 0 Å². The second kappa shape index (κ2) is 2.72. The van der Waals surface area contributed by atoms with E-state index >= 15 is 0 Å². The van der Waals surface area contributed by atoms with E-state index in [1.165, 1.54) is 0 Å². The van der Waals surface area contributed by atoms with E-state index in [0.29, 0.717) is 12.6 Å². The largest absolute Gasteiger partial charge is 0.378 e. The Morgan fingerprint density at radius 1 is 1.45 bits per heavy atom. The smallest absolute Gasteiger partial charge is 0.123 e. The van der Waals surface area contributed by atoms with E-state index in [-0.39, 0.29) is 0 Å². The lowest BCUT2D eigenvalue weighted by Gasteiger charge is -2.37. The van der Waals surface area contributed by atoms with Crippen molar-refractivity contribution >= 4 is 0 Å². The molecule has 0 amide bonds. The summed E-state index contributed by atoms with van der Waals surface area (Å²) in [6.07, 6.45) is 2.54. The van der Waals surface area contributed by atoms with Crippen molar-refractivity contribution < 1.29 is 9.13 Å². The van der Waals surface area contributed by atoms with Crippen molar-refractivity contribution in [3.63, 3.8) is 0 Å². The Morgan fingerprint density at radius 2 is 2.18 bits per heavy atom. The van der Waals surface area contributed by atoms with Crippen LogP contribution < -0.4 is 5.32 Å². The maximum Gasteiger partial charge on any atom is 0.123 e. The molecule has 1 aliphatic heterocycles. The number of alkyl halides is 1. The third-order valence-corrected chi connectivity index (χ3v) is 2.60. The van der Waals surface area contributed by atoms with Crippen molar-refractivity contribution in [2.24, 2.45) is 0 Å². The Labute approximate surface area is 66.1 Å². The van der Waals surface area contributed by atoms with Gasteiger partial charge in [-0.3, -0.25) is 0 Å². The molecule has 1 N–H and O–H groups in total. The van der Waals surface area contributed by atoms with Crippen LogP contribution in [-0.2, 0) is 4.74 Å². The summed E-state index contributed by atoms with van der Waals surface area (Å²) in [5.41, 5.74) is -0.879. The minimum absolute atomic E-state index is 0.420. The van der Waals surface area contributed by atoms with Gasteiger partial charge in [0.2, 0.25) is 0 Å². The van der Waals surface area contributed by atoms with E-state index in [1.807, 2.05) is 0 Å². The first-order valence-corrected chi connectivity index (χ1v) is 4.29. The average molecular weight is 159 g/mol. The van der Waals surface area contributed by atoms with Gasteiger partial charge in [-0.2, -0.15) is 0 Å². The number of rotatable bonds is 3. The zero-order chi connectivity index (χ0) is 7.73. The van der Waals surface area contributed by atoms with Gasteiger partial charge in [0.1, 0.15) is 5.67 Å². The van der Waals surface area contributed by atoms with Crippen LogP contribution in [0.2, 0.25) is 0 Å². The molecule has 0 bridgehead atoms. The lowest BCUT2D eigenvalue weighted by Crippen LogP contribution is -2.52. The number of nitrogens with one attached hydrogen (secondary N) is 1. The van der Waals surface area contributed by atoms with E-state index in [0.717, 1.165) is 32.5 Å². The van der Waals surface area contributed by atoms with E-state index in [1.54, 1.807) is 0 Å². The minimum atomic E-state index is -0.879. The molecule has 0 atom stereocenters. The molecule has 2 nitrogen and oxygen atoms in total. The SMILES string of the molecule is FC1(CNC2COC2)CCC1. The average Bonchev–Trinajstić information content (AvgIpc) is 1.81. The van der Waals surface area contributed by atoms with Crippen molar-refractivity contribution in [2.45, 2.75) is 31.0 Å². The zero-order valence-corrected chi connectivity index (χ0v) is 6.61. The van der Waals surface area contributed by atoms with Crippen LogP contribution in [-0.4, -0.2) is 31.5 Å². The summed E-state index contributed by atoms with van der Waals surface area (Å²) >= 11 is 0. The van der Waals surface area contributed by atoms with Crippen LogP contribution in [0.3, 0.4) is 0 Å². The Balaban J connectivity index is 1.64. The van der Waals surface area contributed by atoms with Gasteiger partial charge < -0.3 is 10.1 Å². The number of ether oxygens (including phenoxy) is 1. The Morgan fingerprint density at radius 3 is 2.55 bits per heavy atom. The third kappa shape index (κ3) is 1.54. The quantitative estimate of drug-likeness (QED) is 0.659. The second-order valence-electron chi connectivity index (χ2n) is 3.62. The third-order valence-electron chi connectivity index (χ3n) is 2.60. The van der Waals surface area contributed by atoms with Gasteiger partial charge >= 0.3 is 0 Å². The van der Waals surface area contributed by atoms with E-state index in [9.17, 15) is 4.39 Å². The summed E-state index contributed by atoms with van der Waals surface area (Å²) in [4.78, 5) is 0. The van der Waals surface area contributed by atoms with E-state index in [2.05, 4.69) is 5.32 Å². The Kier molecular flexibility index (Phi) is 1.85. The van der Waals surface area contributed by atoms with Crippen molar-refractivity contribution in [2.75, 3.05) is 19.8 Å². The van der Waals surface area contributed by atoms with Crippen LogP contribution in [0.1, 0.15) is 19.3 Å². The first-order valence-electron chi connectivity index (χ1n) is 4.29. The molecule has 64 valence electrons. The molecule has 0 radical (unpaired) electrons. The van der Waals surface area contributed by atoms with Gasteiger partial charge in [-0.25, -0.2) is 4.39 Å². The molecule has 0 unspecified atom stereocenters. The van der Waals surface area contributed by atoms with Crippen molar-refractivity contribution in [1.82, 2.24) is 5.32 Å². The summed E-state index contributed by atoms with van der Waals surface area (Å²) in [5, 5.41) is 3.16. The highest BCUT2D eigenvalue weighted by Gasteiger charge is 2.37. The number of hydrogen-bond acceptors (Lipinski definition) is 2. The second-order valence-corrected chi connectivity index (χ2v) is 3.62. The maximum atomic E-state index is 13.3. The minimum Gasteiger partial charge on any atom is -0.378 e. The fraction of sp³-hybridized carbons (Fsp3) is 1.00. The van der Waals surface area contributed by atoms with Gasteiger partial charge in [0.15, 0.2) is 0 Å². The Bertz CT molecular complexity index is 143. The molecule has 0 aromatic rings. The molecule has 3 heteroatoms. The molecular formula is C8H14FNO. The molecule has 1 saturated carbocycles. The summed E-state index contributed by atoms with van der Waals surface area (Å²) in [7, 11) is 0. The van der Waals surface area contributed by atoms with Crippen molar-refractivity contribution in [3.05, 3.63) is 0 Å². The predicted molar refractivity (Wildman–Crippen MR) is 40.3 cm³/mol. The van der Waals surface area contributed by atoms with Gasteiger partial charge in [0, 0.05) is 6.54 Å². The Hall–Kier alpha value is -0.150. The van der Waals surface area contributed by atoms with Crippen molar-refractivity contribution in [1.29, 1.82) is 0 Å². The highest BCUT2D eigenvalue weighted by Crippen LogP contribution is 2.35. The van der Waals surface area contributed by atoms with E-state index in [4.69, 9.17) is 4.74 Å². The fourth-order valence-electron chi connectivity index (χ4n) is 1.42. The normalized spacial score (nSPS) is 29.2. The monoisotopic (exact) mass is 159 g/mol. The molecule has 1 heterocycles. The van der Waals surface area contributed by atoms with Crippen LogP contribution in [0.4, 0.5) is 4.39 Å². The highest BCUT2D eigenvalue weighted by molar-refractivity contribution is 4.91. The van der Waals surface area contributed by atoms with Crippen LogP contribution in [0.5, 0.6) is 0 Å². The number of hydrogen-bond donors (Lipinski definition) is 1. The summed E-state index contributed by atoms with van der Waals surface area (Å²) in [6.45, 7) is 2.05. The molecule has 2 rings (SSSR count). The topological polar surface area (TPSA) is 21.3 Å². The van der Waals surface area contributed by atoms with Crippen LogP contribution in [0, 0.1) is 0 Å². The molecule has 2 fully saturated rings. The van der Waals surface area contributed by atoms with Gasteiger partial charge in [0.25, 0.3) is 0 Å². The molecule has 1 saturated heterocycles. The van der Waals surface area contributed by atoms with Gasteiger partial charge in [-0.15, -0.1) is 0 Å². The van der Waals surface area contributed by atoms with Gasteiger partial charge in [0.05, 0.1) is 19.3 Å². The summed E-state index contributed by atoms with van der Waals surface area (Å²) < 4.78 is 18.3. The maximum absolute atomic E-state index is 13.3. The molecule has 0 spiro atoms. The zero-order valence-electron chi connectivity index (χ0n) is 6.61. The lowest BCUT2D eigenvalue weighted by molar-refractivity contribution is -0.0202. The summed E-state index contributed by atoms with van der Waals surface area (Å²) in [6, 6.07) is 0.420. The van der Waals surface area contributed by atoms with Gasteiger partial charge in [-0.1, -0.05) is 0 Å². The lowest BCUT2D eigenvalue weighted by atomic mass is 9.82. The van der Waals surface area contributed by atoms with Crippen LogP contribution in [0.15, 0.2) is 0 Å². The molecule has 1 aliphatic carbocycles. The predicted octanol–water partition coefficient (Wildman–Crippen LogP) is 0.867. The highest BCUT2D eigenvalue weighted by atomic mass is 19.1. The van der Waals surface area contributed by atoms with Crippen LogP contribution in [0.25, 0.3) is 0 Å². The van der Waals surface area contributed by atoms with Crippen LogP contribution >= 0.6 is 0 Å². The molecule has 2 aliphatic rings.